The van der Waals surface area contributed by atoms with Crippen LogP contribution in [0.1, 0.15) is 11.1 Å². The number of para-hydroxylation sites is 1. The number of hydrogen-bond acceptors (Lipinski definition) is 8. The van der Waals surface area contributed by atoms with Gasteiger partial charge in [-0.25, -0.2) is 9.37 Å². The summed E-state index contributed by atoms with van der Waals surface area (Å²) < 4.78 is 19.7. The first kappa shape index (κ1) is 23.7. The van der Waals surface area contributed by atoms with E-state index in [1.807, 2.05) is 0 Å². The number of fused-ring (bicyclic) bond motifs is 2. The monoisotopic (exact) mass is 514 g/mol. The second-order valence-electron chi connectivity index (χ2n) is 7.70. The van der Waals surface area contributed by atoms with Gasteiger partial charge in [0.15, 0.2) is 0 Å². The number of hydrazone groups is 1. The first-order valence-corrected chi connectivity index (χ1v) is 11.6. The van der Waals surface area contributed by atoms with Crippen LogP contribution in [0, 0.1) is 15.9 Å². The summed E-state index contributed by atoms with van der Waals surface area (Å²) in [4.78, 5) is 40.9. The number of amides is 1. The van der Waals surface area contributed by atoms with Crippen LogP contribution in [-0.4, -0.2) is 22.0 Å². The van der Waals surface area contributed by atoms with Crippen LogP contribution in [0.2, 0.25) is 0 Å². The van der Waals surface area contributed by atoms with Crippen LogP contribution in [0.5, 0.6) is 0 Å². The molecule has 0 unspecified atom stereocenters. The van der Waals surface area contributed by atoms with Crippen molar-refractivity contribution in [3.05, 3.63) is 116 Å². The van der Waals surface area contributed by atoms with Gasteiger partial charge in [0, 0.05) is 18.2 Å². The molecule has 2 aromatic heterocycles. The van der Waals surface area contributed by atoms with Gasteiger partial charge in [-0.1, -0.05) is 35.6 Å². The minimum Gasteiger partial charge on any atom is -0.463 e. The number of nitrogens with zero attached hydrogens (tertiary/aromatic N) is 4. The fourth-order valence-corrected chi connectivity index (χ4v) is 4.41. The van der Waals surface area contributed by atoms with Gasteiger partial charge in [0.1, 0.15) is 17.7 Å². The Balaban J connectivity index is 1.53. The van der Waals surface area contributed by atoms with Gasteiger partial charge >= 0.3 is 0 Å². The third kappa shape index (κ3) is 5.02. The van der Waals surface area contributed by atoms with Gasteiger partial charge < -0.3 is 4.42 Å². The molecule has 0 saturated heterocycles. The lowest BCUT2D eigenvalue weighted by Crippen LogP contribution is -2.24. The maximum Gasteiger partial charge on any atom is 0.273 e. The van der Waals surface area contributed by atoms with Crippen molar-refractivity contribution in [3.8, 4) is 0 Å². The zero-order chi connectivity index (χ0) is 25.9. The Kier molecular flexibility index (Phi) is 6.35. The van der Waals surface area contributed by atoms with Gasteiger partial charge in [-0.2, -0.15) is 10.1 Å². The quantitative estimate of drug-likeness (QED) is 0.127. The number of nitro benzene ring substituents is 1. The minimum atomic E-state index is -0.646. The number of aromatic nitrogens is 1. The summed E-state index contributed by atoms with van der Waals surface area (Å²) in [6, 6.07) is 16.5. The summed E-state index contributed by atoms with van der Waals surface area (Å²) in [6.45, 7) is 0. The van der Waals surface area contributed by atoms with Crippen LogP contribution in [0.25, 0.3) is 27.3 Å². The third-order valence-corrected chi connectivity index (χ3v) is 6.24. The molecule has 0 radical (unpaired) electrons. The minimum absolute atomic E-state index is 0.103. The molecular formula is C26H15FN4O5S. The molecule has 5 aromatic rings. The summed E-state index contributed by atoms with van der Waals surface area (Å²) in [5.41, 5.74) is 0.935. The van der Waals surface area contributed by atoms with Crippen LogP contribution in [-0.2, 0) is 4.79 Å². The van der Waals surface area contributed by atoms with E-state index in [4.69, 9.17) is 4.42 Å². The van der Waals surface area contributed by atoms with E-state index in [2.05, 4.69) is 10.1 Å². The zero-order valence-corrected chi connectivity index (χ0v) is 19.6. The van der Waals surface area contributed by atoms with Crippen molar-refractivity contribution in [2.45, 2.75) is 0 Å². The molecule has 2 heterocycles. The van der Waals surface area contributed by atoms with Crippen LogP contribution in [0.15, 0.2) is 93.4 Å². The predicted molar refractivity (Wildman–Crippen MR) is 139 cm³/mol. The van der Waals surface area contributed by atoms with Crippen molar-refractivity contribution in [2.75, 3.05) is 5.01 Å². The Labute approximate surface area is 211 Å². The van der Waals surface area contributed by atoms with Crippen LogP contribution in [0.3, 0.4) is 0 Å². The average Bonchev–Trinajstić information content (AvgIpc) is 3.31. The van der Waals surface area contributed by atoms with Gasteiger partial charge in [-0.3, -0.25) is 19.7 Å². The Bertz CT molecular complexity index is 1790. The number of benzene rings is 3. The summed E-state index contributed by atoms with van der Waals surface area (Å²) in [7, 11) is 0. The highest BCUT2D eigenvalue weighted by Gasteiger charge is 2.18. The fourth-order valence-electron chi connectivity index (χ4n) is 3.46. The topological polar surface area (TPSA) is 119 Å². The fraction of sp³-hybridized carbons (Fsp3) is 0. The summed E-state index contributed by atoms with van der Waals surface area (Å²) in [6.07, 6.45) is 4.99. The van der Waals surface area contributed by atoms with E-state index >= 15 is 0 Å². The van der Waals surface area contributed by atoms with Gasteiger partial charge in [0.2, 0.25) is 10.6 Å². The number of halogens is 1. The van der Waals surface area contributed by atoms with E-state index in [9.17, 15) is 24.1 Å². The molecule has 0 fully saturated rings. The second-order valence-corrected chi connectivity index (χ2v) is 8.71. The van der Waals surface area contributed by atoms with Gasteiger partial charge in [0.05, 0.1) is 32.3 Å². The van der Waals surface area contributed by atoms with Crippen molar-refractivity contribution >= 4 is 61.5 Å². The Morgan fingerprint density at radius 2 is 1.97 bits per heavy atom. The number of rotatable bonds is 6. The zero-order valence-electron chi connectivity index (χ0n) is 18.8. The standard InChI is InChI=1S/C26H15FN4O5S/c27-18-9-10-21-23(13-18)37-26(29-21)30(24(32)11-8-16-4-3-5-19(12-16)31(34)35)28-14-17-15-36-22-7-2-1-6-20(22)25(17)33/h1-15H/b11-8+,28-14+. The molecule has 37 heavy (non-hydrogen) atoms. The van der Waals surface area contributed by atoms with Crippen LogP contribution >= 0.6 is 11.3 Å². The molecule has 182 valence electrons. The Morgan fingerprint density at radius 1 is 1.14 bits per heavy atom. The Morgan fingerprint density at radius 3 is 2.81 bits per heavy atom. The molecule has 0 spiro atoms. The molecule has 0 aliphatic rings. The highest BCUT2D eigenvalue weighted by atomic mass is 32.1. The predicted octanol–water partition coefficient (Wildman–Crippen LogP) is 5.53. The number of thiazole rings is 1. The molecule has 11 heteroatoms. The molecule has 0 bridgehead atoms. The number of non-ortho nitro benzene ring substituents is 1. The van der Waals surface area contributed by atoms with E-state index in [-0.39, 0.29) is 21.8 Å². The van der Waals surface area contributed by atoms with E-state index < -0.39 is 16.6 Å². The lowest BCUT2D eigenvalue weighted by Gasteiger charge is -2.11. The molecule has 0 aliphatic carbocycles. The van der Waals surface area contributed by atoms with Gasteiger partial charge in [-0.05, 0) is 42.0 Å². The maximum atomic E-state index is 13.7. The lowest BCUT2D eigenvalue weighted by atomic mass is 10.2. The van der Waals surface area contributed by atoms with E-state index in [1.165, 1.54) is 61.0 Å². The normalized spacial score (nSPS) is 11.6. The molecule has 5 rings (SSSR count). The average molecular weight is 514 g/mol. The van der Waals surface area contributed by atoms with Crippen molar-refractivity contribution < 1.29 is 18.5 Å². The number of carbonyl (C=O) groups is 1. The highest BCUT2D eigenvalue weighted by Crippen LogP contribution is 2.30. The Hall–Kier alpha value is -5.03. The maximum absolute atomic E-state index is 13.7. The van der Waals surface area contributed by atoms with Crippen molar-refractivity contribution in [1.29, 1.82) is 0 Å². The molecule has 0 aliphatic heterocycles. The summed E-state index contributed by atoms with van der Waals surface area (Å²) >= 11 is 1.03. The largest absolute Gasteiger partial charge is 0.463 e. The molecule has 0 N–H and O–H groups in total. The molecule has 0 atom stereocenters. The highest BCUT2D eigenvalue weighted by molar-refractivity contribution is 7.22. The second kappa shape index (κ2) is 9.91. The van der Waals surface area contributed by atoms with Crippen molar-refractivity contribution in [2.24, 2.45) is 5.10 Å². The number of nitro groups is 1. The SMILES string of the molecule is O=C(/C=C/c1cccc([N+](=O)[O-])c1)N(/N=C/c1coc2ccccc2c1=O)c1nc2ccc(F)cc2s1. The third-order valence-electron chi connectivity index (χ3n) is 5.25. The van der Waals surface area contributed by atoms with Crippen molar-refractivity contribution in [3.63, 3.8) is 0 Å². The van der Waals surface area contributed by atoms with E-state index in [1.54, 1.807) is 30.3 Å². The molecule has 9 nitrogen and oxygen atoms in total. The first-order valence-electron chi connectivity index (χ1n) is 10.8. The van der Waals surface area contributed by atoms with Crippen LogP contribution in [0.4, 0.5) is 15.2 Å². The summed E-state index contributed by atoms with van der Waals surface area (Å²) in [5, 5.41) is 16.7. The number of anilines is 1. The molecular weight excluding hydrogens is 499 g/mol. The lowest BCUT2D eigenvalue weighted by molar-refractivity contribution is -0.384. The smallest absolute Gasteiger partial charge is 0.273 e. The van der Waals surface area contributed by atoms with Crippen LogP contribution < -0.4 is 10.4 Å². The summed E-state index contributed by atoms with van der Waals surface area (Å²) in [5.74, 6) is -1.10. The van der Waals surface area contributed by atoms with Gasteiger partial charge in [-0.15, -0.1) is 0 Å². The van der Waals surface area contributed by atoms with E-state index in [0.717, 1.165) is 16.3 Å². The van der Waals surface area contributed by atoms with E-state index in [0.29, 0.717) is 26.7 Å². The molecule has 1 amide bonds. The number of hydrogen-bond donors (Lipinski definition) is 0. The molecule has 3 aromatic carbocycles. The van der Waals surface area contributed by atoms with Crippen molar-refractivity contribution in [1.82, 2.24) is 4.98 Å². The first-order chi connectivity index (χ1) is 17.9. The van der Waals surface area contributed by atoms with Gasteiger partial charge in [0.25, 0.3) is 11.6 Å². The molecule has 0 saturated carbocycles. The number of carbonyl (C=O) groups excluding carboxylic acids is 1.